The molecule has 2 unspecified atom stereocenters. The average Bonchev–Trinajstić information content (AvgIpc) is 3.78. The van der Waals surface area contributed by atoms with Gasteiger partial charge in [-0.15, -0.1) is 0 Å². The average molecular weight is 632 g/mol. The van der Waals surface area contributed by atoms with Crippen molar-refractivity contribution in [3.05, 3.63) is 81.1 Å². The number of fused-ring (bicyclic) bond motifs is 1. The minimum absolute atomic E-state index is 0.00524. The van der Waals surface area contributed by atoms with Crippen molar-refractivity contribution in [3.63, 3.8) is 0 Å². The second-order valence-electron chi connectivity index (χ2n) is 13.3. The Morgan fingerprint density at radius 2 is 2.02 bits per heavy atom. The maximum Gasteiger partial charge on any atom is 0.354 e. The third-order valence-electron chi connectivity index (χ3n) is 9.50. The van der Waals surface area contributed by atoms with Crippen LogP contribution in [0, 0.1) is 17.1 Å². The van der Waals surface area contributed by atoms with E-state index in [0.717, 1.165) is 57.1 Å². The van der Waals surface area contributed by atoms with Crippen molar-refractivity contribution >= 4 is 28.5 Å². The second kappa shape index (κ2) is 13.1. The highest BCUT2D eigenvalue weighted by atomic mass is 35.5. The molecule has 0 radical (unpaired) electrons. The van der Waals surface area contributed by atoms with Gasteiger partial charge in [0.05, 0.1) is 22.2 Å². The highest BCUT2D eigenvalue weighted by Crippen LogP contribution is 2.35. The van der Waals surface area contributed by atoms with E-state index in [2.05, 4.69) is 39.7 Å². The highest BCUT2D eigenvalue weighted by molar-refractivity contribution is 6.31. The number of H-pyrrole nitrogens is 1. The summed E-state index contributed by atoms with van der Waals surface area (Å²) in [6.45, 7) is 4.78. The molecule has 2 fully saturated rings. The molecule has 8 nitrogen and oxygen atoms in total. The molecule has 1 aliphatic heterocycles. The van der Waals surface area contributed by atoms with Crippen molar-refractivity contribution in [2.45, 2.75) is 89.3 Å². The van der Waals surface area contributed by atoms with Crippen LogP contribution >= 0.6 is 11.6 Å². The third kappa shape index (κ3) is 7.32. The summed E-state index contributed by atoms with van der Waals surface area (Å²) in [6, 6.07) is 13.8. The van der Waals surface area contributed by atoms with E-state index in [9.17, 15) is 4.79 Å². The van der Waals surface area contributed by atoms with Gasteiger partial charge in [-0.25, -0.2) is 9.18 Å². The van der Waals surface area contributed by atoms with Crippen LogP contribution < -0.4 is 22.1 Å². The van der Waals surface area contributed by atoms with Crippen LogP contribution in [-0.2, 0) is 6.42 Å². The van der Waals surface area contributed by atoms with Crippen LogP contribution in [0.15, 0.2) is 53.5 Å². The van der Waals surface area contributed by atoms with E-state index < -0.39 is 11.5 Å². The number of halogens is 2. The lowest BCUT2D eigenvalue weighted by atomic mass is 9.83. The fraction of sp³-hybridized carbons (Fsp3) is 0.457. The molecule has 6 rings (SSSR count). The fourth-order valence-corrected chi connectivity index (χ4v) is 6.96. The first kappa shape index (κ1) is 31.5. The van der Waals surface area contributed by atoms with Gasteiger partial charge in [0.25, 0.3) is 0 Å². The molecule has 6 N–H and O–H groups in total. The Kier molecular flexibility index (Phi) is 9.13. The number of nitrogens with zero attached hydrogens (tertiary/aromatic N) is 2. The summed E-state index contributed by atoms with van der Waals surface area (Å²) < 4.78 is 16.8. The van der Waals surface area contributed by atoms with Gasteiger partial charge < -0.3 is 21.4 Å². The van der Waals surface area contributed by atoms with Gasteiger partial charge >= 0.3 is 5.69 Å². The monoisotopic (exact) mass is 631 g/mol. The first-order valence-electron chi connectivity index (χ1n) is 16.1. The normalized spacial score (nSPS) is 20.8. The number of aromatic amines is 1. The SMILES string of the molecule is CC(=N)NCCC1(C)CCC[C@@H](c2ccc(-n3cc4cc(-c5cc(CCCC(N)C6CC6)cc(Cl)c5F)[nH]c4nc3=O)cc2)N1. The molecule has 45 heavy (non-hydrogen) atoms. The van der Waals surface area contributed by atoms with Gasteiger partial charge in [0.1, 0.15) is 5.65 Å². The van der Waals surface area contributed by atoms with E-state index in [0.29, 0.717) is 39.7 Å². The molecular formula is C35H43ClFN7O. The van der Waals surface area contributed by atoms with Gasteiger partial charge in [-0.1, -0.05) is 23.7 Å². The van der Waals surface area contributed by atoms with Gasteiger partial charge in [0.2, 0.25) is 0 Å². The number of nitrogens with one attached hydrogen (secondary N) is 4. The predicted molar refractivity (Wildman–Crippen MR) is 180 cm³/mol. The van der Waals surface area contributed by atoms with E-state index >= 15 is 4.39 Å². The van der Waals surface area contributed by atoms with E-state index in [1.165, 1.54) is 23.0 Å². The number of nitrogens with two attached hydrogens (primary N) is 1. The van der Waals surface area contributed by atoms with Gasteiger partial charge in [0, 0.05) is 41.3 Å². The largest absolute Gasteiger partial charge is 0.374 e. The van der Waals surface area contributed by atoms with Crippen LogP contribution in [0.25, 0.3) is 28.0 Å². The summed E-state index contributed by atoms with van der Waals surface area (Å²) in [6.07, 6.45) is 11.0. The number of amidine groups is 1. The van der Waals surface area contributed by atoms with Crippen molar-refractivity contribution in [1.29, 1.82) is 5.41 Å². The summed E-state index contributed by atoms with van der Waals surface area (Å²) in [7, 11) is 0. The quantitative estimate of drug-likeness (QED) is 0.0922. The van der Waals surface area contributed by atoms with Crippen LogP contribution in [0.5, 0.6) is 0 Å². The van der Waals surface area contributed by atoms with Crippen LogP contribution in [0.3, 0.4) is 0 Å². The zero-order valence-corrected chi connectivity index (χ0v) is 26.8. The number of piperidine rings is 1. The molecule has 4 aromatic rings. The molecule has 238 valence electrons. The minimum Gasteiger partial charge on any atom is -0.374 e. The third-order valence-corrected chi connectivity index (χ3v) is 9.78. The van der Waals surface area contributed by atoms with Crippen molar-refractivity contribution < 1.29 is 4.39 Å². The minimum atomic E-state index is -0.499. The summed E-state index contributed by atoms with van der Waals surface area (Å²) >= 11 is 6.32. The summed E-state index contributed by atoms with van der Waals surface area (Å²) in [4.78, 5) is 20.5. The lowest BCUT2D eigenvalue weighted by Gasteiger charge is -2.40. The van der Waals surface area contributed by atoms with Gasteiger partial charge in [-0.05, 0) is 119 Å². The maximum atomic E-state index is 15.2. The number of aromatic nitrogens is 3. The molecule has 2 aromatic carbocycles. The van der Waals surface area contributed by atoms with Crippen molar-refractivity contribution in [1.82, 2.24) is 25.2 Å². The molecule has 1 saturated heterocycles. The van der Waals surface area contributed by atoms with Crippen molar-refractivity contribution in [3.8, 4) is 16.9 Å². The van der Waals surface area contributed by atoms with Gasteiger partial charge in [-0.2, -0.15) is 4.98 Å². The summed E-state index contributed by atoms with van der Waals surface area (Å²) in [5.74, 6) is 0.646. The number of hydrogen-bond acceptors (Lipinski definition) is 5. The fourth-order valence-electron chi connectivity index (χ4n) is 6.71. The molecular weight excluding hydrogens is 589 g/mol. The first-order chi connectivity index (χ1) is 21.6. The first-order valence-corrected chi connectivity index (χ1v) is 16.5. The highest BCUT2D eigenvalue weighted by Gasteiger charge is 2.31. The lowest BCUT2D eigenvalue weighted by Crippen LogP contribution is -2.49. The Balaban J connectivity index is 1.19. The van der Waals surface area contributed by atoms with Crippen LogP contribution in [0.1, 0.15) is 82.4 Å². The molecule has 2 aliphatic rings. The molecule has 0 spiro atoms. The van der Waals surface area contributed by atoms with Crippen molar-refractivity contribution in [2.24, 2.45) is 11.7 Å². The maximum absolute atomic E-state index is 15.2. The number of benzene rings is 2. The van der Waals surface area contributed by atoms with Gasteiger partial charge in [-0.3, -0.25) is 9.98 Å². The van der Waals surface area contributed by atoms with E-state index in [1.54, 1.807) is 19.2 Å². The van der Waals surface area contributed by atoms with E-state index in [4.69, 9.17) is 22.7 Å². The molecule has 2 aromatic heterocycles. The molecule has 0 amide bonds. The topological polar surface area (TPSA) is 125 Å². The molecule has 3 atom stereocenters. The molecule has 10 heteroatoms. The van der Waals surface area contributed by atoms with Crippen LogP contribution in [0.4, 0.5) is 4.39 Å². The Bertz CT molecular complexity index is 1750. The molecule has 3 heterocycles. The Hall–Kier alpha value is -3.53. The standard InChI is InChI=1S/C35H43ClFN7O/c1-21(38)40-16-15-35(2)14-4-7-30(43-35)24-10-12-26(13-11-24)44-20-25-19-31(41-33(25)42-34(44)45)27-17-22(18-28(36)32(27)37)5-3-6-29(39)23-8-9-23/h10-13,17-20,23,29-30,43H,3-9,14-16,39H2,1-2H3,(H2,38,40)(H,41,42,45)/t29?,30-,35?/m0/s1. The predicted octanol–water partition coefficient (Wildman–Crippen LogP) is 6.78. The van der Waals surface area contributed by atoms with Crippen molar-refractivity contribution in [2.75, 3.05) is 6.54 Å². The number of hydrogen-bond donors (Lipinski definition) is 5. The molecule has 1 saturated carbocycles. The van der Waals surface area contributed by atoms with E-state index in [-0.39, 0.29) is 22.6 Å². The van der Waals surface area contributed by atoms with Crippen LogP contribution in [-0.4, -0.2) is 38.5 Å². The lowest BCUT2D eigenvalue weighted by molar-refractivity contribution is 0.213. The van der Waals surface area contributed by atoms with Gasteiger partial charge in [0.15, 0.2) is 5.82 Å². The Morgan fingerprint density at radius 1 is 1.24 bits per heavy atom. The zero-order valence-electron chi connectivity index (χ0n) is 26.1. The Labute approximate surface area is 268 Å². The second-order valence-corrected chi connectivity index (χ2v) is 13.7. The van der Waals surface area contributed by atoms with Crippen LogP contribution in [0.2, 0.25) is 5.02 Å². The Morgan fingerprint density at radius 3 is 2.76 bits per heavy atom. The zero-order chi connectivity index (χ0) is 31.7. The smallest absolute Gasteiger partial charge is 0.354 e. The van der Waals surface area contributed by atoms with E-state index in [1.807, 2.05) is 24.3 Å². The molecule has 0 bridgehead atoms. The number of aryl methyl sites for hydroxylation is 1. The summed E-state index contributed by atoms with van der Waals surface area (Å²) in [5.41, 5.74) is 9.98. The number of rotatable bonds is 11. The summed E-state index contributed by atoms with van der Waals surface area (Å²) in [5, 5.41) is 15.3. The molecule has 1 aliphatic carbocycles.